The van der Waals surface area contributed by atoms with Crippen molar-refractivity contribution >= 4 is 39.4 Å². The van der Waals surface area contributed by atoms with Gasteiger partial charge in [-0.25, -0.2) is 0 Å². The van der Waals surface area contributed by atoms with E-state index in [-0.39, 0.29) is 36.5 Å². The maximum atomic E-state index is 12.8. The van der Waals surface area contributed by atoms with Crippen molar-refractivity contribution in [2.24, 2.45) is 5.92 Å². The summed E-state index contributed by atoms with van der Waals surface area (Å²) >= 11 is 0. The molecule has 1 aromatic carbocycles. The van der Waals surface area contributed by atoms with Gasteiger partial charge in [0.25, 0.3) is 21.9 Å². The fourth-order valence-electron chi connectivity index (χ4n) is 3.76. The Bertz CT molecular complexity index is 1030. The molecule has 154 valence electrons. The van der Waals surface area contributed by atoms with Crippen LogP contribution in [0.2, 0.25) is 0 Å². The molecule has 0 saturated carbocycles. The molecule has 2 saturated heterocycles. The van der Waals surface area contributed by atoms with Crippen LogP contribution in [0.25, 0.3) is 0 Å². The van der Waals surface area contributed by atoms with Crippen molar-refractivity contribution in [3.63, 3.8) is 0 Å². The quantitative estimate of drug-likeness (QED) is 0.497. The molecule has 0 aromatic heterocycles. The Kier molecular flexibility index (Phi) is 4.66. The topological polar surface area (TPSA) is 130 Å². The van der Waals surface area contributed by atoms with Gasteiger partial charge in [0.2, 0.25) is 11.8 Å². The maximum absolute atomic E-state index is 12.8. The van der Waals surface area contributed by atoms with Crippen molar-refractivity contribution in [2.45, 2.75) is 18.9 Å². The molecule has 0 radical (unpaired) electrons. The summed E-state index contributed by atoms with van der Waals surface area (Å²) < 4.78 is 26.9. The number of amides is 4. The fourth-order valence-corrected chi connectivity index (χ4v) is 4.20. The number of nitrogens with one attached hydrogen (secondary N) is 1. The lowest BCUT2D eigenvalue weighted by atomic mass is 9.99. The lowest BCUT2D eigenvalue weighted by molar-refractivity contribution is -0.136. The summed E-state index contributed by atoms with van der Waals surface area (Å²) in [6, 6.07) is 3.88. The third kappa shape index (κ3) is 3.62. The van der Waals surface area contributed by atoms with Crippen LogP contribution in [0.15, 0.2) is 18.2 Å². The summed E-state index contributed by atoms with van der Waals surface area (Å²) in [6.45, 7) is 1.22. The van der Waals surface area contributed by atoms with E-state index in [1.807, 2.05) is 4.90 Å². The van der Waals surface area contributed by atoms with Crippen LogP contribution in [0.1, 0.15) is 33.6 Å². The van der Waals surface area contributed by atoms with Crippen molar-refractivity contribution < 1.29 is 31.8 Å². The number of hydrogen-bond donors (Lipinski definition) is 1. The normalized spacial score (nSPS) is 22.6. The minimum Gasteiger partial charge on any atom is -0.371 e. The summed E-state index contributed by atoms with van der Waals surface area (Å²) in [6.07, 6.45) is 1.18. The van der Waals surface area contributed by atoms with Crippen LogP contribution in [-0.4, -0.2) is 68.9 Å². The minimum atomic E-state index is -3.48. The van der Waals surface area contributed by atoms with Gasteiger partial charge >= 0.3 is 0 Å². The molecule has 1 unspecified atom stereocenters. The van der Waals surface area contributed by atoms with Gasteiger partial charge in [0.05, 0.1) is 24.0 Å². The molecule has 1 aromatic rings. The van der Waals surface area contributed by atoms with Crippen molar-refractivity contribution in [1.82, 2.24) is 10.2 Å². The van der Waals surface area contributed by atoms with Gasteiger partial charge in [-0.2, -0.15) is 8.42 Å². The molecule has 10 nitrogen and oxygen atoms in total. The first-order valence-electron chi connectivity index (χ1n) is 9.09. The highest BCUT2D eigenvalue weighted by Crippen LogP contribution is 2.33. The molecule has 2 fully saturated rings. The summed E-state index contributed by atoms with van der Waals surface area (Å²) in [4.78, 5) is 51.8. The van der Waals surface area contributed by atoms with Gasteiger partial charge in [-0.1, -0.05) is 0 Å². The number of nitrogens with zero attached hydrogens (tertiary/aromatic N) is 2. The van der Waals surface area contributed by atoms with E-state index in [9.17, 15) is 27.6 Å². The van der Waals surface area contributed by atoms with Crippen molar-refractivity contribution in [3.05, 3.63) is 29.3 Å². The number of rotatable bonds is 5. The Morgan fingerprint density at radius 2 is 1.79 bits per heavy atom. The number of hydrogen-bond acceptors (Lipinski definition) is 8. The fraction of sp³-hybridized carbons (Fsp3) is 0.444. The van der Waals surface area contributed by atoms with Gasteiger partial charge in [-0.15, -0.1) is 0 Å². The molecule has 0 aliphatic carbocycles. The van der Waals surface area contributed by atoms with Gasteiger partial charge in [0, 0.05) is 31.1 Å². The Morgan fingerprint density at radius 3 is 2.45 bits per heavy atom. The summed E-state index contributed by atoms with van der Waals surface area (Å²) in [5, 5.41) is 2.16. The number of imide groups is 2. The molecule has 3 aliphatic heterocycles. The Balaban J connectivity index is 1.47. The molecule has 4 rings (SSSR count). The molecule has 11 heteroatoms. The van der Waals surface area contributed by atoms with E-state index in [0.717, 1.165) is 16.8 Å². The van der Waals surface area contributed by atoms with Crippen LogP contribution in [0.4, 0.5) is 5.69 Å². The van der Waals surface area contributed by atoms with E-state index in [4.69, 9.17) is 4.18 Å². The van der Waals surface area contributed by atoms with E-state index in [2.05, 4.69) is 5.32 Å². The Morgan fingerprint density at radius 1 is 1.10 bits per heavy atom. The molecule has 1 atom stereocenters. The van der Waals surface area contributed by atoms with Gasteiger partial charge in [-0.05, 0) is 24.6 Å². The largest absolute Gasteiger partial charge is 0.371 e. The van der Waals surface area contributed by atoms with Crippen LogP contribution in [0.3, 0.4) is 0 Å². The third-order valence-corrected chi connectivity index (χ3v) is 5.83. The lowest BCUT2D eigenvalue weighted by Crippen LogP contribution is -2.54. The molecule has 1 N–H and O–H groups in total. The third-order valence-electron chi connectivity index (χ3n) is 5.26. The molecule has 0 bridgehead atoms. The van der Waals surface area contributed by atoms with Crippen LogP contribution in [0.5, 0.6) is 0 Å². The first-order chi connectivity index (χ1) is 13.6. The number of fused-ring (bicyclic) bond motifs is 1. The lowest BCUT2D eigenvalue weighted by Gasteiger charge is -2.40. The van der Waals surface area contributed by atoms with E-state index < -0.39 is 39.8 Å². The first-order valence-corrected chi connectivity index (χ1v) is 10.9. The highest BCUT2D eigenvalue weighted by atomic mass is 32.2. The minimum absolute atomic E-state index is 0.0512. The summed E-state index contributed by atoms with van der Waals surface area (Å²) in [5.74, 6) is -2.12. The van der Waals surface area contributed by atoms with Gasteiger partial charge < -0.3 is 4.90 Å². The van der Waals surface area contributed by atoms with Gasteiger partial charge in [0.1, 0.15) is 6.04 Å². The van der Waals surface area contributed by atoms with Crippen molar-refractivity contribution in [1.29, 1.82) is 0 Å². The summed E-state index contributed by atoms with van der Waals surface area (Å²) in [5.41, 5.74) is 1.17. The number of anilines is 1. The van der Waals surface area contributed by atoms with Crippen molar-refractivity contribution in [2.75, 3.05) is 30.9 Å². The average Bonchev–Trinajstić information content (AvgIpc) is 2.84. The highest BCUT2D eigenvalue weighted by molar-refractivity contribution is 7.85. The van der Waals surface area contributed by atoms with Gasteiger partial charge in [0.15, 0.2) is 0 Å². The smallest absolute Gasteiger partial charge is 0.264 e. The SMILES string of the molecule is CS(=O)(=O)OCC1CN(c2ccc3c(c2)C(=O)N(C2CCC(=O)NC2=O)C3=O)C1. The second-order valence-electron chi connectivity index (χ2n) is 7.44. The number of carbonyl (C=O) groups is 4. The van der Waals surface area contributed by atoms with E-state index in [1.54, 1.807) is 18.2 Å². The van der Waals surface area contributed by atoms with Crippen LogP contribution < -0.4 is 10.2 Å². The van der Waals surface area contributed by atoms with Crippen LogP contribution in [-0.2, 0) is 23.9 Å². The number of piperidine rings is 1. The van der Waals surface area contributed by atoms with Gasteiger partial charge in [-0.3, -0.25) is 33.6 Å². The average molecular weight is 421 g/mol. The zero-order chi connectivity index (χ0) is 20.9. The predicted octanol–water partition coefficient (Wildman–Crippen LogP) is -0.500. The van der Waals surface area contributed by atoms with Crippen molar-refractivity contribution in [3.8, 4) is 0 Å². The second-order valence-corrected chi connectivity index (χ2v) is 9.08. The van der Waals surface area contributed by atoms with Crippen LogP contribution in [0, 0.1) is 5.92 Å². The first kappa shape index (κ1) is 19.5. The zero-order valence-corrected chi connectivity index (χ0v) is 16.4. The molecule has 4 amide bonds. The Labute approximate surface area is 166 Å². The van der Waals surface area contributed by atoms with E-state index >= 15 is 0 Å². The summed E-state index contributed by atoms with van der Waals surface area (Å²) in [7, 11) is -3.48. The van der Waals surface area contributed by atoms with E-state index in [1.165, 1.54) is 0 Å². The molecular weight excluding hydrogens is 402 g/mol. The zero-order valence-electron chi connectivity index (χ0n) is 15.6. The Hall–Kier alpha value is -2.79. The van der Waals surface area contributed by atoms with E-state index in [0.29, 0.717) is 13.1 Å². The molecule has 3 heterocycles. The number of benzene rings is 1. The highest BCUT2D eigenvalue weighted by Gasteiger charge is 2.45. The monoisotopic (exact) mass is 421 g/mol. The maximum Gasteiger partial charge on any atom is 0.264 e. The standard InChI is InChI=1S/C18H19N3O7S/c1-29(26,27)28-9-10-7-20(8-10)11-2-3-12-13(6-11)18(25)21(17(12)24)14-4-5-15(22)19-16(14)23/h2-3,6,10,14H,4-5,7-9H2,1H3,(H,19,22,23). The van der Waals surface area contributed by atoms with Crippen LogP contribution >= 0.6 is 0 Å². The molecular formula is C18H19N3O7S. The molecule has 0 spiro atoms. The molecule has 29 heavy (non-hydrogen) atoms. The molecule has 3 aliphatic rings. The second kappa shape index (κ2) is 6.92. The predicted molar refractivity (Wildman–Crippen MR) is 99.6 cm³/mol. The number of carbonyl (C=O) groups excluding carboxylic acids is 4.